The molecule has 0 aromatic carbocycles. The number of nitrogens with one attached hydrogen (secondary N) is 2. The van der Waals surface area contributed by atoms with Crippen LogP contribution in [0.15, 0.2) is 17.4 Å². The highest BCUT2D eigenvalue weighted by Crippen LogP contribution is 1.99. The highest BCUT2D eigenvalue weighted by atomic mass is 32.1. The van der Waals surface area contributed by atoms with Crippen molar-refractivity contribution in [3.05, 3.63) is 23.0 Å². The minimum atomic E-state index is 0.604. The molecule has 0 bridgehead atoms. The minimum absolute atomic E-state index is 0.604. The standard InChI is InChI=1S/C7H9N5S/c1-12-6(10-11-7(12)13)5-4-8-2-3-9-5/h2-3,8H,4H2,1H3,(H,11,13). The molecule has 0 saturated carbocycles. The van der Waals surface area contributed by atoms with Crippen LogP contribution in [0.1, 0.15) is 5.82 Å². The lowest BCUT2D eigenvalue weighted by atomic mass is 10.3. The zero-order valence-corrected chi connectivity index (χ0v) is 7.93. The van der Waals surface area contributed by atoms with Gasteiger partial charge in [-0.25, -0.2) is 0 Å². The second-order valence-corrected chi connectivity index (χ2v) is 3.07. The van der Waals surface area contributed by atoms with E-state index in [0.29, 0.717) is 11.3 Å². The first-order chi connectivity index (χ1) is 6.29. The molecule has 0 amide bonds. The van der Waals surface area contributed by atoms with Crippen LogP contribution in [0.5, 0.6) is 0 Å². The smallest absolute Gasteiger partial charge is 0.195 e. The molecule has 68 valence electrons. The van der Waals surface area contributed by atoms with Gasteiger partial charge in [-0.3, -0.25) is 10.1 Å². The Labute approximate surface area is 80.2 Å². The van der Waals surface area contributed by atoms with Gasteiger partial charge >= 0.3 is 0 Å². The van der Waals surface area contributed by atoms with Gasteiger partial charge in [-0.05, 0) is 12.2 Å². The highest BCUT2D eigenvalue weighted by molar-refractivity contribution is 7.71. The van der Waals surface area contributed by atoms with Crippen molar-refractivity contribution < 1.29 is 0 Å². The van der Waals surface area contributed by atoms with Gasteiger partial charge in [0.1, 0.15) is 5.71 Å². The number of hydrogen-bond donors (Lipinski definition) is 2. The molecule has 2 rings (SSSR count). The molecule has 2 N–H and O–H groups in total. The Kier molecular flexibility index (Phi) is 1.97. The van der Waals surface area contributed by atoms with Crippen molar-refractivity contribution in [2.75, 3.05) is 6.54 Å². The van der Waals surface area contributed by atoms with Gasteiger partial charge in [-0.15, -0.1) is 0 Å². The zero-order valence-electron chi connectivity index (χ0n) is 7.11. The Hall–Kier alpha value is -1.43. The molecule has 13 heavy (non-hydrogen) atoms. The van der Waals surface area contributed by atoms with Gasteiger partial charge in [0.25, 0.3) is 0 Å². The first-order valence-corrected chi connectivity index (χ1v) is 4.26. The number of rotatable bonds is 1. The average Bonchev–Trinajstić information content (AvgIpc) is 2.49. The van der Waals surface area contributed by atoms with E-state index in [1.54, 1.807) is 17.0 Å². The summed E-state index contributed by atoms with van der Waals surface area (Å²) in [7, 11) is 1.86. The maximum Gasteiger partial charge on any atom is 0.195 e. The lowest BCUT2D eigenvalue weighted by Gasteiger charge is -2.07. The molecule has 0 unspecified atom stereocenters. The van der Waals surface area contributed by atoms with E-state index in [4.69, 9.17) is 12.2 Å². The summed E-state index contributed by atoms with van der Waals surface area (Å²) in [5.41, 5.74) is 0.886. The lowest BCUT2D eigenvalue weighted by Crippen LogP contribution is -2.24. The minimum Gasteiger partial charge on any atom is -0.384 e. The van der Waals surface area contributed by atoms with E-state index in [1.807, 2.05) is 7.05 Å². The fourth-order valence-corrected chi connectivity index (χ4v) is 1.26. The van der Waals surface area contributed by atoms with Crippen molar-refractivity contribution in [3.8, 4) is 0 Å². The van der Waals surface area contributed by atoms with E-state index in [1.165, 1.54) is 0 Å². The first kappa shape index (κ1) is 8.18. The summed E-state index contributed by atoms with van der Waals surface area (Å²) in [5, 5.41) is 9.85. The Balaban J connectivity index is 2.45. The third-order valence-corrected chi connectivity index (χ3v) is 2.20. The summed E-state index contributed by atoms with van der Waals surface area (Å²) in [6.45, 7) is 0.684. The van der Waals surface area contributed by atoms with Crippen LogP contribution >= 0.6 is 12.2 Å². The van der Waals surface area contributed by atoms with E-state index >= 15 is 0 Å². The van der Waals surface area contributed by atoms with Crippen LogP contribution in [0.2, 0.25) is 0 Å². The monoisotopic (exact) mass is 195 g/mol. The Morgan fingerprint density at radius 3 is 3.00 bits per heavy atom. The Morgan fingerprint density at radius 1 is 1.62 bits per heavy atom. The van der Waals surface area contributed by atoms with Crippen LogP contribution in [-0.2, 0) is 7.05 Å². The fraction of sp³-hybridized carbons (Fsp3) is 0.286. The molecule has 5 nitrogen and oxygen atoms in total. The number of nitrogens with zero attached hydrogens (tertiary/aromatic N) is 3. The molecule has 0 spiro atoms. The average molecular weight is 195 g/mol. The van der Waals surface area contributed by atoms with E-state index in [9.17, 15) is 0 Å². The molecular formula is C7H9N5S. The molecule has 0 aliphatic carbocycles. The maximum atomic E-state index is 4.99. The summed E-state index contributed by atoms with van der Waals surface area (Å²) in [6.07, 6.45) is 3.50. The third-order valence-electron chi connectivity index (χ3n) is 1.83. The van der Waals surface area contributed by atoms with Gasteiger partial charge < -0.3 is 9.88 Å². The summed E-state index contributed by atoms with van der Waals surface area (Å²) in [5.74, 6) is 0.779. The summed E-state index contributed by atoms with van der Waals surface area (Å²) in [6, 6.07) is 0. The van der Waals surface area contributed by atoms with Gasteiger partial charge in [-0.2, -0.15) is 5.10 Å². The summed E-state index contributed by atoms with van der Waals surface area (Å²) in [4.78, 5) is 4.20. The molecule has 1 aromatic heterocycles. The molecule has 0 atom stereocenters. The molecule has 0 saturated heterocycles. The molecule has 1 aromatic rings. The van der Waals surface area contributed by atoms with Crippen molar-refractivity contribution in [1.29, 1.82) is 0 Å². The second kappa shape index (κ2) is 3.14. The lowest BCUT2D eigenvalue weighted by molar-refractivity contribution is 0.866. The number of aromatic amines is 1. The quantitative estimate of drug-likeness (QED) is 0.635. The van der Waals surface area contributed by atoms with Gasteiger partial charge in [0.05, 0.1) is 6.54 Å². The third kappa shape index (κ3) is 1.40. The van der Waals surface area contributed by atoms with Crippen molar-refractivity contribution in [2.24, 2.45) is 12.0 Å². The van der Waals surface area contributed by atoms with E-state index < -0.39 is 0 Å². The Morgan fingerprint density at radius 2 is 2.46 bits per heavy atom. The molecule has 1 aliphatic rings. The topological polar surface area (TPSA) is 58.0 Å². The molecule has 1 aliphatic heterocycles. The molecule has 0 fully saturated rings. The zero-order chi connectivity index (χ0) is 9.26. The number of hydrogen-bond acceptors (Lipinski definition) is 4. The van der Waals surface area contributed by atoms with E-state index in [0.717, 1.165) is 11.5 Å². The van der Waals surface area contributed by atoms with Crippen molar-refractivity contribution >= 4 is 17.9 Å². The van der Waals surface area contributed by atoms with Gasteiger partial charge in [0.15, 0.2) is 10.6 Å². The van der Waals surface area contributed by atoms with Crippen LogP contribution < -0.4 is 5.32 Å². The number of aliphatic imine (C=N–C) groups is 1. The van der Waals surface area contributed by atoms with Gasteiger partial charge in [-0.1, -0.05) is 0 Å². The summed E-state index contributed by atoms with van der Waals surface area (Å²) < 4.78 is 2.40. The Bertz CT molecular complexity index is 424. The fourth-order valence-electron chi connectivity index (χ4n) is 1.12. The van der Waals surface area contributed by atoms with Crippen LogP contribution in [0, 0.1) is 4.77 Å². The predicted molar refractivity (Wildman–Crippen MR) is 52.1 cm³/mol. The molecule has 6 heteroatoms. The van der Waals surface area contributed by atoms with E-state index in [2.05, 4.69) is 20.5 Å². The van der Waals surface area contributed by atoms with Crippen molar-refractivity contribution in [2.45, 2.75) is 0 Å². The van der Waals surface area contributed by atoms with Gasteiger partial charge in [0, 0.05) is 19.4 Å². The highest BCUT2D eigenvalue weighted by Gasteiger charge is 2.10. The number of aromatic nitrogens is 3. The van der Waals surface area contributed by atoms with E-state index in [-0.39, 0.29) is 0 Å². The van der Waals surface area contributed by atoms with Crippen LogP contribution in [0.4, 0.5) is 0 Å². The second-order valence-electron chi connectivity index (χ2n) is 2.68. The largest absolute Gasteiger partial charge is 0.384 e. The molecular weight excluding hydrogens is 186 g/mol. The summed E-state index contributed by atoms with van der Waals surface area (Å²) >= 11 is 4.99. The van der Waals surface area contributed by atoms with Crippen molar-refractivity contribution in [1.82, 2.24) is 20.1 Å². The van der Waals surface area contributed by atoms with Gasteiger partial charge in [0.2, 0.25) is 0 Å². The SMILES string of the molecule is Cn1c(C2=NC=CNC2)n[nH]c1=S. The van der Waals surface area contributed by atoms with Crippen molar-refractivity contribution in [3.63, 3.8) is 0 Å². The number of H-pyrrole nitrogens is 1. The maximum absolute atomic E-state index is 4.99. The van der Waals surface area contributed by atoms with Crippen LogP contribution in [0.25, 0.3) is 0 Å². The van der Waals surface area contributed by atoms with Crippen LogP contribution in [-0.4, -0.2) is 27.0 Å². The van der Waals surface area contributed by atoms with Crippen LogP contribution in [0.3, 0.4) is 0 Å². The predicted octanol–water partition coefficient (Wildman–Crippen LogP) is 0.341. The molecule has 2 heterocycles. The normalized spacial score (nSPS) is 15.3. The molecule has 0 radical (unpaired) electrons. The first-order valence-electron chi connectivity index (χ1n) is 3.86.